The average molecular weight is 514 g/mol. The van der Waals surface area contributed by atoms with E-state index in [-0.39, 0.29) is 5.41 Å². The lowest BCUT2D eigenvalue weighted by Crippen LogP contribution is -2.19. The van der Waals surface area contributed by atoms with Gasteiger partial charge in [0.05, 0.1) is 30.8 Å². The van der Waals surface area contributed by atoms with Crippen molar-refractivity contribution in [2.75, 3.05) is 24.9 Å². The predicted octanol–water partition coefficient (Wildman–Crippen LogP) is 6.52. The van der Waals surface area contributed by atoms with E-state index >= 15 is 0 Å². The first-order valence-electron chi connectivity index (χ1n) is 11.9. The topological polar surface area (TPSA) is 121 Å². The number of nitrogens with zero attached hydrogens (tertiary/aromatic N) is 3. The molecule has 0 aliphatic carbocycles. The fraction of sp³-hybridized carbons (Fsp3) is 0.214. The molecule has 0 fully saturated rings. The van der Waals surface area contributed by atoms with Gasteiger partial charge >= 0.3 is 6.03 Å². The van der Waals surface area contributed by atoms with Crippen LogP contribution in [0.1, 0.15) is 26.5 Å². The molecule has 0 aliphatic heterocycles. The molecule has 0 atom stereocenters. The summed E-state index contributed by atoms with van der Waals surface area (Å²) in [5.74, 6) is 3.00. The van der Waals surface area contributed by atoms with Gasteiger partial charge in [0.2, 0.25) is 5.88 Å². The minimum absolute atomic E-state index is 0.221. The van der Waals surface area contributed by atoms with Gasteiger partial charge in [-0.1, -0.05) is 44.1 Å². The number of carbonyl (C=O) groups is 1. The highest BCUT2D eigenvalue weighted by Crippen LogP contribution is 2.37. The van der Waals surface area contributed by atoms with Gasteiger partial charge in [0, 0.05) is 22.9 Å². The fourth-order valence-electron chi connectivity index (χ4n) is 3.93. The van der Waals surface area contributed by atoms with Crippen LogP contribution in [0.5, 0.6) is 23.1 Å². The monoisotopic (exact) mass is 513 g/mol. The van der Waals surface area contributed by atoms with Crippen LogP contribution in [0.3, 0.4) is 0 Å². The summed E-state index contributed by atoms with van der Waals surface area (Å²) < 4.78 is 22.3. The molecule has 3 aromatic carbocycles. The standard InChI is InChI=1S/C28H27N5O5/c1-28(2,3)24-14-25(33-38-24)32-27(34)31-20-8-6-7-16-9-10-17(11-18(16)20)37-26-19-12-22(35-4)23(36-5)13-21(19)29-15-30-26/h6-15H,1-5H3,(H2,31,32,33,34). The zero-order chi connectivity index (χ0) is 26.9. The first-order valence-corrected chi connectivity index (χ1v) is 11.9. The second-order valence-corrected chi connectivity index (χ2v) is 9.60. The Morgan fingerprint density at radius 3 is 2.42 bits per heavy atom. The van der Waals surface area contributed by atoms with Crippen molar-refractivity contribution in [1.29, 1.82) is 0 Å². The van der Waals surface area contributed by atoms with Gasteiger partial charge < -0.3 is 24.1 Å². The van der Waals surface area contributed by atoms with E-state index in [1.807, 2.05) is 57.2 Å². The fourth-order valence-corrected chi connectivity index (χ4v) is 3.93. The minimum Gasteiger partial charge on any atom is -0.493 e. The molecule has 2 N–H and O–H groups in total. The van der Waals surface area contributed by atoms with Gasteiger partial charge in [-0.2, -0.15) is 0 Å². The highest BCUT2D eigenvalue weighted by atomic mass is 16.5. The number of aromatic nitrogens is 3. The lowest BCUT2D eigenvalue weighted by Gasteiger charge is -2.13. The molecule has 0 spiro atoms. The summed E-state index contributed by atoms with van der Waals surface area (Å²) in [6.07, 6.45) is 1.43. The number of nitrogens with one attached hydrogen (secondary N) is 2. The first-order chi connectivity index (χ1) is 18.2. The Bertz CT molecular complexity index is 1640. The summed E-state index contributed by atoms with van der Waals surface area (Å²) >= 11 is 0. The van der Waals surface area contributed by atoms with E-state index in [2.05, 4.69) is 25.8 Å². The van der Waals surface area contributed by atoms with Gasteiger partial charge in [-0.3, -0.25) is 5.32 Å². The van der Waals surface area contributed by atoms with E-state index in [1.54, 1.807) is 32.4 Å². The summed E-state index contributed by atoms with van der Waals surface area (Å²) in [7, 11) is 3.13. The molecule has 194 valence electrons. The van der Waals surface area contributed by atoms with Crippen LogP contribution in [0.25, 0.3) is 21.7 Å². The van der Waals surface area contributed by atoms with Crippen LogP contribution in [0.15, 0.2) is 65.4 Å². The maximum atomic E-state index is 12.7. The Hall–Kier alpha value is -4.86. The number of ether oxygens (including phenoxy) is 3. The summed E-state index contributed by atoms with van der Waals surface area (Å²) in [6.45, 7) is 6.01. The molecular weight excluding hydrogens is 486 g/mol. The molecule has 2 heterocycles. The SMILES string of the molecule is COc1cc2ncnc(Oc3ccc4cccc(NC(=O)Nc5cc(C(C)(C)C)on5)c4c3)c2cc1OC. The average Bonchev–Trinajstić information content (AvgIpc) is 3.37. The quantitative estimate of drug-likeness (QED) is 0.263. The van der Waals surface area contributed by atoms with Crippen molar-refractivity contribution in [2.45, 2.75) is 26.2 Å². The van der Waals surface area contributed by atoms with Crippen LogP contribution >= 0.6 is 0 Å². The number of methoxy groups -OCH3 is 2. The second kappa shape index (κ2) is 9.89. The number of fused-ring (bicyclic) bond motifs is 2. The van der Waals surface area contributed by atoms with Crippen LogP contribution in [-0.4, -0.2) is 35.4 Å². The van der Waals surface area contributed by atoms with Crippen LogP contribution in [0.4, 0.5) is 16.3 Å². The van der Waals surface area contributed by atoms with Gasteiger partial charge in [-0.05, 0) is 29.7 Å². The van der Waals surface area contributed by atoms with Crippen molar-refractivity contribution in [2.24, 2.45) is 0 Å². The maximum absolute atomic E-state index is 12.7. The molecule has 5 rings (SSSR count). The normalized spacial score (nSPS) is 11.4. The first kappa shape index (κ1) is 24.8. The van der Waals surface area contributed by atoms with E-state index in [1.165, 1.54) is 6.33 Å². The number of amides is 2. The molecule has 0 radical (unpaired) electrons. The third-order valence-corrected chi connectivity index (χ3v) is 5.91. The number of urea groups is 1. The molecule has 5 aromatic rings. The van der Waals surface area contributed by atoms with E-state index < -0.39 is 6.03 Å². The molecule has 10 heteroatoms. The van der Waals surface area contributed by atoms with Crippen LogP contribution < -0.4 is 24.8 Å². The third-order valence-electron chi connectivity index (χ3n) is 5.91. The molecule has 0 saturated carbocycles. The number of hydrogen-bond acceptors (Lipinski definition) is 8. The van der Waals surface area contributed by atoms with Crippen molar-refractivity contribution in [3.63, 3.8) is 0 Å². The maximum Gasteiger partial charge on any atom is 0.324 e. The highest BCUT2D eigenvalue weighted by molar-refractivity contribution is 6.06. The van der Waals surface area contributed by atoms with E-state index in [0.717, 1.165) is 10.8 Å². The molecule has 0 saturated heterocycles. The summed E-state index contributed by atoms with van der Waals surface area (Å²) in [4.78, 5) is 21.4. The predicted molar refractivity (Wildman–Crippen MR) is 145 cm³/mol. The van der Waals surface area contributed by atoms with Crippen LogP contribution in [-0.2, 0) is 5.41 Å². The number of hydrogen-bond donors (Lipinski definition) is 2. The lowest BCUT2D eigenvalue weighted by molar-refractivity contribution is 0.262. The van der Waals surface area contributed by atoms with Gasteiger partial charge in [0.25, 0.3) is 0 Å². The molecule has 0 unspecified atom stereocenters. The van der Waals surface area contributed by atoms with E-state index in [9.17, 15) is 4.79 Å². The molecular formula is C28H27N5O5. The Labute approximate surface area is 218 Å². The minimum atomic E-state index is -0.444. The molecule has 2 aromatic heterocycles. The van der Waals surface area contributed by atoms with Gasteiger partial charge in [0.1, 0.15) is 17.8 Å². The second-order valence-electron chi connectivity index (χ2n) is 9.60. The molecule has 0 aliphatic rings. The molecule has 10 nitrogen and oxygen atoms in total. The summed E-state index contributed by atoms with van der Waals surface area (Å²) in [5.41, 5.74) is 1.03. The summed E-state index contributed by atoms with van der Waals surface area (Å²) in [5, 5.41) is 11.9. The Morgan fingerprint density at radius 1 is 0.895 bits per heavy atom. The Kier molecular flexibility index (Phi) is 6.46. The third kappa shape index (κ3) is 5.01. The van der Waals surface area contributed by atoms with Crippen molar-refractivity contribution in [1.82, 2.24) is 15.1 Å². The molecule has 0 bridgehead atoms. The molecule has 38 heavy (non-hydrogen) atoms. The van der Waals surface area contributed by atoms with Crippen molar-refractivity contribution in [3.05, 3.63) is 66.7 Å². The Balaban J connectivity index is 1.41. The van der Waals surface area contributed by atoms with Gasteiger partial charge in [-0.15, -0.1) is 0 Å². The van der Waals surface area contributed by atoms with Crippen LogP contribution in [0.2, 0.25) is 0 Å². The number of benzene rings is 3. The van der Waals surface area contributed by atoms with Gasteiger partial charge in [-0.25, -0.2) is 14.8 Å². The molecule has 2 amide bonds. The lowest BCUT2D eigenvalue weighted by atomic mass is 9.93. The smallest absolute Gasteiger partial charge is 0.324 e. The highest BCUT2D eigenvalue weighted by Gasteiger charge is 2.20. The van der Waals surface area contributed by atoms with Crippen molar-refractivity contribution < 1.29 is 23.5 Å². The number of carbonyl (C=O) groups excluding carboxylic acids is 1. The van der Waals surface area contributed by atoms with E-state index in [4.69, 9.17) is 18.7 Å². The van der Waals surface area contributed by atoms with E-state index in [0.29, 0.717) is 51.3 Å². The number of rotatable bonds is 6. The largest absolute Gasteiger partial charge is 0.493 e. The zero-order valence-electron chi connectivity index (χ0n) is 21.7. The zero-order valence-corrected chi connectivity index (χ0v) is 21.7. The van der Waals surface area contributed by atoms with Crippen molar-refractivity contribution >= 4 is 39.2 Å². The Morgan fingerprint density at radius 2 is 1.68 bits per heavy atom. The van der Waals surface area contributed by atoms with Gasteiger partial charge in [0.15, 0.2) is 17.3 Å². The summed E-state index contributed by atoms with van der Waals surface area (Å²) in [6, 6.07) is 16.0. The van der Waals surface area contributed by atoms with Crippen LogP contribution in [0, 0.1) is 0 Å². The number of anilines is 2. The van der Waals surface area contributed by atoms with Crippen molar-refractivity contribution in [3.8, 4) is 23.1 Å².